The minimum absolute atomic E-state index is 0.119. The maximum atomic E-state index is 10.8. The van der Waals surface area contributed by atoms with Gasteiger partial charge in [0.2, 0.25) is 0 Å². The zero-order chi connectivity index (χ0) is 12.8. The molecule has 0 aliphatic heterocycles. The fraction of sp³-hybridized carbons (Fsp3) is 0.333. The molecule has 1 N–H and O–H groups in total. The largest absolute Gasteiger partial charge is 0.309 e. The van der Waals surface area contributed by atoms with Gasteiger partial charge in [0.15, 0.2) is 0 Å². The van der Waals surface area contributed by atoms with Crippen LogP contribution in [0, 0.1) is 22.5 Å². The van der Waals surface area contributed by atoms with Crippen LogP contribution >= 0.6 is 15.9 Å². The Balaban J connectivity index is 2.79. The molecule has 0 aromatic heterocycles. The molecule has 0 bridgehead atoms. The van der Waals surface area contributed by atoms with Gasteiger partial charge < -0.3 is 5.32 Å². The van der Waals surface area contributed by atoms with E-state index in [1.807, 2.05) is 6.92 Å². The van der Waals surface area contributed by atoms with Crippen LogP contribution in [0.25, 0.3) is 0 Å². The minimum Gasteiger partial charge on any atom is -0.309 e. The Labute approximate surface area is 109 Å². The summed E-state index contributed by atoms with van der Waals surface area (Å²) in [6, 6.07) is 5.03. The number of nitrogens with zero attached hydrogens (tertiary/aromatic N) is 1. The average molecular weight is 297 g/mol. The molecule has 0 radical (unpaired) electrons. The van der Waals surface area contributed by atoms with E-state index in [1.165, 1.54) is 6.07 Å². The van der Waals surface area contributed by atoms with Gasteiger partial charge in [-0.05, 0) is 19.1 Å². The zero-order valence-corrected chi connectivity index (χ0v) is 11.0. The summed E-state index contributed by atoms with van der Waals surface area (Å²) in [5.74, 6) is 2.55. The second-order valence-corrected chi connectivity index (χ2v) is 4.64. The molecule has 1 rings (SSSR count). The molecule has 90 valence electrons. The highest BCUT2D eigenvalue weighted by Gasteiger charge is 2.13. The molecule has 1 atom stereocenters. The Morgan fingerprint density at radius 3 is 2.94 bits per heavy atom. The van der Waals surface area contributed by atoms with Crippen LogP contribution in [0.3, 0.4) is 0 Å². The number of hydrogen-bond donors (Lipinski definition) is 1. The standard InChI is InChI=1S/C12H13BrN2O2/c1-3-4-9(2)14-8-10-7-11(13)5-6-12(10)15(16)17/h1,5-7,9,14H,4,8H2,2H3. The van der Waals surface area contributed by atoms with E-state index in [9.17, 15) is 10.1 Å². The van der Waals surface area contributed by atoms with Crippen LogP contribution in [0.5, 0.6) is 0 Å². The van der Waals surface area contributed by atoms with Gasteiger partial charge in [-0.3, -0.25) is 10.1 Å². The van der Waals surface area contributed by atoms with E-state index >= 15 is 0 Å². The van der Waals surface area contributed by atoms with Gasteiger partial charge in [0.25, 0.3) is 5.69 Å². The maximum Gasteiger partial charge on any atom is 0.273 e. The lowest BCUT2D eigenvalue weighted by Gasteiger charge is -2.11. The van der Waals surface area contributed by atoms with E-state index in [4.69, 9.17) is 6.42 Å². The Morgan fingerprint density at radius 1 is 1.65 bits per heavy atom. The monoisotopic (exact) mass is 296 g/mol. The van der Waals surface area contributed by atoms with Gasteiger partial charge >= 0.3 is 0 Å². The molecule has 0 amide bonds. The normalized spacial score (nSPS) is 11.8. The fourth-order valence-corrected chi connectivity index (χ4v) is 1.82. The van der Waals surface area contributed by atoms with Crippen molar-refractivity contribution in [3.8, 4) is 12.3 Å². The van der Waals surface area contributed by atoms with Crippen molar-refractivity contribution in [3.05, 3.63) is 38.3 Å². The predicted molar refractivity (Wildman–Crippen MR) is 70.5 cm³/mol. The lowest BCUT2D eigenvalue weighted by atomic mass is 10.1. The third-order valence-corrected chi connectivity index (χ3v) is 2.80. The number of benzene rings is 1. The highest BCUT2D eigenvalue weighted by Crippen LogP contribution is 2.22. The second kappa shape index (κ2) is 6.38. The lowest BCUT2D eigenvalue weighted by Crippen LogP contribution is -2.25. The fourth-order valence-electron chi connectivity index (χ4n) is 1.41. The van der Waals surface area contributed by atoms with Gasteiger partial charge in [-0.2, -0.15) is 0 Å². The van der Waals surface area contributed by atoms with Crippen molar-refractivity contribution in [1.29, 1.82) is 0 Å². The van der Waals surface area contributed by atoms with Crippen LogP contribution in [0.4, 0.5) is 5.69 Å². The Hall–Kier alpha value is -1.38. The van der Waals surface area contributed by atoms with E-state index < -0.39 is 0 Å². The summed E-state index contributed by atoms with van der Waals surface area (Å²) in [7, 11) is 0. The van der Waals surface area contributed by atoms with Gasteiger partial charge in [0.1, 0.15) is 0 Å². The Kier molecular flexibility index (Phi) is 5.13. The van der Waals surface area contributed by atoms with Crippen molar-refractivity contribution in [1.82, 2.24) is 5.32 Å². The van der Waals surface area contributed by atoms with E-state index in [0.29, 0.717) is 18.5 Å². The summed E-state index contributed by atoms with van der Waals surface area (Å²) in [5.41, 5.74) is 0.766. The van der Waals surface area contributed by atoms with Gasteiger partial charge in [0.05, 0.1) is 4.92 Å². The van der Waals surface area contributed by atoms with E-state index in [0.717, 1.165) is 4.47 Å². The molecule has 0 aliphatic rings. The number of nitrogens with one attached hydrogen (secondary N) is 1. The van der Waals surface area contributed by atoms with E-state index in [1.54, 1.807) is 12.1 Å². The number of terminal acetylenes is 1. The average Bonchev–Trinajstić information content (AvgIpc) is 2.26. The summed E-state index contributed by atoms with van der Waals surface area (Å²) in [6.07, 6.45) is 5.79. The number of nitro groups is 1. The van der Waals surface area contributed by atoms with Crippen LogP contribution in [-0.4, -0.2) is 11.0 Å². The SMILES string of the molecule is C#CCC(C)NCc1cc(Br)ccc1[N+](=O)[O-]. The first-order valence-corrected chi connectivity index (χ1v) is 5.93. The van der Waals surface area contributed by atoms with E-state index in [-0.39, 0.29) is 16.7 Å². The smallest absolute Gasteiger partial charge is 0.273 e. The molecule has 0 saturated carbocycles. The molecule has 1 aromatic carbocycles. The van der Waals surface area contributed by atoms with Gasteiger partial charge in [-0.15, -0.1) is 12.3 Å². The molecule has 1 unspecified atom stereocenters. The maximum absolute atomic E-state index is 10.8. The minimum atomic E-state index is -0.380. The van der Waals surface area contributed by atoms with Crippen LogP contribution in [-0.2, 0) is 6.54 Å². The summed E-state index contributed by atoms with van der Waals surface area (Å²) in [4.78, 5) is 10.5. The molecule has 4 nitrogen and oxygen atoms in total. The molecule has 0 aliphatic carbocycles. The topological polar surface area (TPSA) is 55.2 Å². The van der Waals surface area contributed by atoms with Crippen molar-refractivity contribution in [2.24, 2.45) is 0 Å². The third-order valence-electron chi connectivity index (χ3n) is 2.30. The van der Waals surface area contributed by atoms with Crippen molar-refractivity contribution in [2.75, 3.05) is 0 Å². The van der Waals surface area contributed by atoms with Crippen molar-refractivity contribution in [3.63, 3.8) is 0 Å². The molecular formula is C12H13BrN2O2. The Morgan fingerprint density at radius 2 is 2.35 bits per heavy atom. The summed E-state index contributed by atoms with van der Waals surface area (Å²) >= 11 is 3.30. The van der Waals surface area contributed by atoms with Gasteiger partial charge in [-0.1, -0.05) is 15.9 Å². The highest BCUT2D eigenvalue weighted by molar-refractivity contribution is 9.10. The van der Waals surface area contributed by atoms with Crippen molar-refractivity contribution >= 4 is 21.6 Å². The number of hydrogen-bond acceptors (Lipinski definition) is 3. The van der Waals surface area contributed by atoms with Gasteiger partial charge in [0, 0.05) is 35.1 Å². The van der Waals surface area contributed by atoms with Crippen molar-refractivity contribution in [2.45, 2.75) is 25.9 Å². The summed E-state index contributed by atoms with van der Waals surface area (Å²) < 4.78 is 0.824. The highest BCUT2D eigenvalue weighted by atomic mass is 79.9. The third kappa shape index (κ3) is 4.17. The Bertz CT molecular complexity index is 454. The molecule has 0 spiro atoms. The number of nitro benzene ring substituents is 1. The first-order valence-electron chi connectivity index (χ1n) is 5.14. The summed E-state index contributed by atoms with van der Waals surface area (Å²) in [6.45, 7) is 2.38. The molecule has 17 heavy (non-hydrogen) atoms. The van der Waals surface area contributed by atoms with Crippen LogP contribution < -0.4 is 5.32 Å². The number of rotatable bonds is 5. The molecule has 0 fully saturated rings. The summed E-state index contributed by atoms with van der Waals surface area (Å²) in [5, 5.41) is 14.0. The zero-order valence-electron chi connectivity index (χ0n) is 9.44. The van der Waals surface area contributed by atoms with Gasteiger partial charge in [-0.25, -0.2) is 0 Å². The lowest BCUT2D eigenvalue weighted by molar-refractivity contribution is -0.385. The number of halogens is 1. The van der Waals surface area contributed by atoms with Crippen molar-refractivity contribution < 1.29 is 4.92 Å². The second-order valence-electron chi connectivity index (χ2n) is 3.72. The first kappa shape index (κ1) is 13.7. The molecule has 5 heteroatoms. The quantitative estimate of drug-likeness (QED) is 0.516. The van der Waals surface area contributed by atoms with E-state index in [2.05, 4.69) is 27.2 Å². The molecule has 0 saturated heterocycles. The molecule has 0 heterocycles. The van der Waals surface area contributed by atoms with Crippen LogP contribution in [0.2, 0.25) is 0 Å². The first-order chi connectivity index (χ1) is 8.04. The van der Waals surface area contributed by atoms with Crippen LogP contribution in [0.15, 0.2) is 22.7 Å². The molecular weight excluding hydrogens is 284 g/mol. The van der Waals surface area contributed by atoms with Crippen LogP contribution in [0.1, 0.15) is 18.9 Å². The molecule has 1 aromatic rings. The predicted octanol–water partition coefficient (Wildman–Crippen LogP) is 2.86.